The van der Waals surface area contributed by atoms with Crippen LogP contribution >= 0.6 is 0 Å². The van der Waals surface area contributed by atoms with Gasteiger partial charge >= 0.3 is 0 Å². The third kappa shape index (κ3) is 9.31. The number of benzene rings is 2. The first-order valence-corrected chi connectivity index (χ1v) is 10.3. The van der Waals surface area contributed by atoms with E-state index in [0.29, 0.717) is 38.9 Å². The standard InChI is InChI=1S/C24H34O5/c1-27-23-11-3-7-19(17-23)15-21(25)9-5-13-29-14-6-10-22(26)16-20-8-4-12-24(18-20)28-2/h3-4,7-8,11-12,17-18,21-22,25-26H,5-6,9-10,13-16H2,1-2H3. The maximum atomic E-state index is 10.2. The van der Waals surface area contributed by atoms with Crippen molar-refractivity contribution in [2.45, 2.75) is 50.7 Å². The summed E-state index contributed by atoms with van der Waals surface area (Å²) in [4.78, 5) is 0. The van der Waals surface area contributed by atoms with Crippen LogP contribution in [0, 0.1) is 0 Å². The fraction of sp³-hybridized carbons (Fsp3) is 0.500. The highest BCUT2D eigenvalue weighted by Crippen LogP contribution is 2.16. The Hall–Kier alpha value is -2.08. The molecule has 0 aromatic heterocycles. The molecule has 2 atom stereocenters. The first kappa shape index (κ1) is 23.2. The molecule has 5 heteroatoms. The molecule has 0 radical (unpaired) electrons. The summed E-state index contributed by atoms with van der Waals surface area (Å²) in [6.45, 7) is 1.25. The maximum Gasteiger partial charge on any atom is 0.119 e. The van der Waals surface area contributed by atoms with Gasteiger partial charge in [0.2, 0.25) is 0 Å². The first-order valence-electron chi connectivity index (χ1n) is 10.3. The van der Waals surface area contributed by atoms with Crippen molar-refractivity contribution in [3.63, 3.8) is 0 Å². The molecule has 2 unspecified atom stereocenters. The van der Waals surface area contributed by atoms with Gasteiger partial charge in [0.25, 0.3) is 0 Å². The van der Waals surface area contributed by atoms with Gasteiger partial charge in [0.1, 0.15) is 11.5 Å². The van der Waals surface area contributed by atoms with Crippen molar-refractivity contribution in [2.75, 3.05) is 27.4 Å². The summed E-state index contributed by atoms with van der Waals surface area (Å²) in [5.41, 5.74) is 2.14. The Morgan fingerprint density at radius 1 is 0.724 bits per heavy atom. The van der Waals surface area contributed by atoms with Crippen LogP contribution in [0.5, 0.6) is 11.5 Å². The van der Waals surface area contributed by atoms with E-state index in [2.05, 4.69) is 0 Å². The summed E-state index contributed by atoms with van der Waals surface area (Å²) in [5.74, 6) is 1.62. The lowest BCUT2D eigenvalue weighted by atomic mass is 10.0. The topological polar surface area (TPSA) is 68.2 Å². The third-order valence-electron chi connectivity index (χ3n) is 4.86. The van der Waals surface area contributed by atoms with E-state index in [1.165, 1.54) is 0 Å². The minimum Gasteiger partial charge on any atom is -0.497 e. The Balaban J connectivity index is 1.51. The third-order valence-corrected chi connectivity index (χ3v) is 4.86. The van der Waals surface area contributed by atoms with Gasteiger partial charge in [-0.15, -0.1) is 0 Å². The number of ether oxygens (including phenoxy) is 3. The van der Waals surface area contributed by atoms with Crippen LogP contribution in [0.4, 0.5) is 0 Å². The number of aliphatic hydroxyl groups excluding tert-OH is 2. The highest BCUT2D eigenvalue weighted by molar-refractivity contribution is 5.29. The molecule has 160 valence electrons. The smallest absolute Gasteiger partial charge is 0.119 e. The van der Waals surface area contributed by atoms with Gasteiger partial charge in [0.15, 0.2) is 0 Å². The number of hydrogen-bond acceptors (Lipinski definition) is 5. The zero-order chi connectivity index (χ0) is 20.9. The normalized spacial score (nSPS) is 13.1. The molecule has 0 aliphatic carbocycles. The quantitative estimate of drug-likeness (QED) is 0.471. The highest BCUT2D eigenvalue weighted by Gasteiger charge is 2.08. The Morgan fingerprint density at radius 3 is 1.59 bits per heavy atom. The van der Waals surface area contributed by atoms with Gasteiger partial charge in [-0.3, -0.25) is 0 Å². The lowest BCUT2D eigenvalue weighted by Gasteiger charge is -2.13. The summed E-state index contributed by atoms with van der Waals surface area (Å²) in [6.07, 6.45) is 3.52. The largest absolute Gasteiger partial charge is 0.497 e. The van der Waals surface area contributed by atoms with Gasteiger partial charge in [-0.05, 0) is 73.9 Å². The summed E-state index contributed by atoms with van der Waals surface area (Å²) in [6, 6.07) is 15.6. The Kier molecular flexibility index (Phi) is 10.6. The van der Waals surface area contributed by atoms with Gasteiger partial charge < -0.3 is 24.4 Å². The first-order chi connectivity index (χ1) is 14.1. The lowest BCUT2D eigenvalue weighted by Crippen LogP contribution is -2.13. The van der Waals surface area contributed by atoms with Crippen LogP contribution in [-0.2, 0) is 17.6 Å². The molecule has 2 aromatic rings. The number of methoxy groups -OCH3 is 2. The molecule has 2 rings (SSSR count). The van der Waals surface area contributed by atoms with Crippen LogP contribution in [0.25, 0.3) is 0 Å². The van der Waals surface area contributed by atoms with Crippen molar-refractivity contribution in [1.82, 2.24) is 0 Å². The fourth-order valence-corrected chi connectivity index (χ4v) is 3.29. The number of hydrogen-bond donors (Lipinski definition) is 2. The number of rotatable bonds is 14. The van der Waals surface area contributed by atoms with E-state index in [9.17, 15) is 10.2 Å². The van der Waals surface area contributed by atoms with Gasteiger partial charge in [-0.1, -0.05) is 24.3 Å². The fourth-order valence-electron chi connectivity index (χ4n) is 3.29. The van der Waals surface area contributed by atoms with Crippen molar-refractivity contribution in [2.24, 2.45) is 0 Å². The summed E-state index contributed by atoms with van der Waals surface area (Å²) < 4.78 is 16.1. The Labute approximate surface area is 174 Å². The van der Waals surface area contributed by atoms with E-state index >= 15 is 0 Å². The minimum atomic E-state index is -0.379. The SMILES string of the molecule is COc1cccc(CC(O)CCCOCCCC(O)Cc2cccc(OC)c2)c1. The van der Waals surface area contributed by atoms with Gasteiger partial charge in [-0.25, -0.2) is 0 Å². The summed E-state index contributed by atoms with van der Waals surface area (Å²) >= 11 is 0. The van der Waals surface area contributed by atoms with Crippen molar-refractivity contribution >= 4 is 0 Å². The van der Waals surface area contributed by atoms with Crippen molar-refractivity contribution in [1.29, 1.82) is 0 Å². The minimum absolute atomic E-state index is 0.379. The molecule has 0 amide bonds. The Morgan fingerprint density at radius 2 is 1.17 bits per heavy atom. The van der Waals surface area contributed by atoms with E-state index in [1.807, 2.05) is 48.5 Å². The molecule has 2 N–H and O–H groups in total. The van der Waals surface area contributed by atoms with Crippen molar-refractivity contribution in [3.8, 4) is 11.5 Å². The molecule has 29 heavy (non-hydrogen) atoms. The van der Waals surface area contributed by atoms with Crippen LogP contribution in [-0.4, -0.2) is 49.9 Å². The van der Waals surface area contributed by atoms with Crippen LogP contribution in [0.3, 0.4) is 0 Å². The predicted octanol–water partition coefficient (Wildman–Crippen LogP) is 3.79. The predicted molar refractivity (Wildman–Crippen MR) is 115 cm³/mol. The highest BCUT2D eigenvalue weighted by atomic mass is 16.5. The second-order valence-corrected chi connectivity index (χ2v) is 7.32. The lowest BCUT2D eigenvalue weighted by molar-refractivity contribution is 0.0918. The molecular weight excluding hydrogens is 368 g/mol. The van der Waals surface area contributed by atoms with Crippen molar-refractivity contribution < 1.29 is 24.4 Å². The Bertz CT molecular complexity index is 644. The van der Waals surface area contributed by atoms with E-state index in [0.717, 1.165) is 35.5 Å². The van der Waals surface area contributed by atoms with E-state index in [4.69, 9.17) is 14.2 Å². The molecule has 0 fully saturated rings. The zero-order valence-corrected chi connectivity index (χ0v) is 17.5. The second kappa shape index (κ2) is 13.2. The van der Waals surface area contributed by atoms with E-state index in [-0.39, 0.29) is 12.2 Å². The molecule has 0 aliphatic rings. The van der Waals surface area contributed by atoms with Crippen LogP contribution in [0.2, 0.25) is 0 Å². The molecular formula is C24H34O5. The maximum absolute atomic E-state index is 10.2. The summed E-state index contributed by atoms with van der Waals surface area (Å²) in [5, 5.41) is 20.4. The molecule has 2 aromatic carbocycles. The average molecular weight is 403 g/mol. The average Bonchev–Trinajstić information content (AvgIpc) is 2.73. The molecule has 0 heterocycles. The van der Waals surface area contributed by atoms with Crippen molar-refractivity contribution in [3.05, 3.63) is 59.7 Å². The van der Waals surface area contributed by atoms with E-state index in [1.54, 1.807) is 14.2 Å². The van der Waals surface area contributed by atoms with E-state index < -0.39 is 0 Å². The van der Waals surface area contributed by atoms with Gasteiger partial charge in [-0.2, -0.15) is 0 Å². The second-order valence-electron chi connectivity index (χ2n) is 7.32. The molecule has 5 nitrogen and oxygen atoms in total. The molecule has 0 aliphatic heterocycles. The molecule has 0 bridgehead atoms. The summed E-state index contributed by atoms with van der Waals surface area (Å²) in [7, 11) is 3.29. The number of aliphatic hydroxyl groups is 2. The van der Waals surface area contributed by atoms with Crippen LogP contribution < -0.4 is 9.47 Å². The van der Waals surface area contributed by atoms with Gasteiger partial charge in [0, 0.05) is 13.2 Å². The van der Waals surface area contributed by atoms with Crippen LogP contribution in [0.15, 0.2) is 48.5 Å². The molecule has 0 saturated heterocycles. The monoisotopic (exact) mass is 402 g/mol. The molecule has 0 spiro atoms. The molecule has 0 saturated carbocycles. The zero-order valence-electron chi connectivity index (χ0n) is 17.5. The van der Waals surface area contributed by atoms with Gasteiger partial charge in [0.05, 0.1) is 26.4 Å². The van der Waals surface area contributed by atoms with Crippen LogP contribution in [0.1, 0.15) is 36.8 Å².